The molecule has 3 aromatic rings. The summed E-state index contributed by atoms with van der Waals surface area (Å²) in [5, 5.41) is 0.554. The Labute approximate surface area is 209 Å². The van der Waals surface area contributed by atoms with Crippen LogP contribution in [0.4, 0.5) is 5.69 Å². The van der Waals surface area contributed by atoms with Gasteiger partial charge in [0.15, 0.2) is 9.84 Å². The van der Waals surface area contributed by atoms with Crippen LogP contribution in [0.5, 0.6) is 0 Å². The van der Waals surface area contributed by atoms with Crippen molar-refractivity contribution in [3.8, 4) is 10.4 Å². The number of rotatable bonds is 7. The van der Waals surface area contributed by atoms with Crippen LogP contribution in [0.25, 0.3) is 10.4 Å². The molecule has 34 heavy (non-hydrogen) atoms. The lowest BCUT2D eigenvalue weighted by Crippen LogP contribution is -2.38. The number of sulfone groups is 1. The van der Waals surface area contributed by atoms with Crippen molar-refractivity contribution in [2.45, 2.75) is 4.90 Å². The normalized spacial score (nSPS) is 16.1. The summed E-state index contributed by atoms with van der Waals surface area (Å²) in [6.07, 6.45) is 3.10. The van der Waals surface area contributed by atoms with Crippen molar-refractivity contribution in [3.05, 3.63) is 82.3 Å². The van der Waals surface area contributed by atoms with Gasteiger partial charge in [-0.25, -0.2) is 13.4 Å². The van der Waals surface area contributed by atoms with Gasteiger partial charge in [-0.3, -0.25) is 4.90 Å². The van der Waals surface area contributed by atoms with Gasteiger partial charge in [0, 0.05) is 36.5 Å². The van der Waals surface area contributed by atoms with Gasteiger partial charge in [0.25, 0.3) is 0 Å². The second-order valence-corrected chi connectivity index (χ2v) is 11.5. The van der Waals surface area contributed by atoms with Crippen LogP contribution in [0.1, 0.15) is 4.88 Å². The van der Waals surface area contributed by atoms with Gasteiger partial charge in [-0.05, 0) is 48.0 Å². The number of morpholine rings is 1. The standard InChI is InChI=1S/C25H26ClN3O3S2/c1-34(30,31)20-6-4-5-18(15-20)24-9-10-25(33-24)23(28-22-8-3-2-7-21(22)26)16-19(27)17-29-11-13-32-14-12-29/h2-10,15-16H,11-14,17,27H2,1H3. The van der Waals surface area contributed by atoms with Crippen LogP contribution in [-0.2, 0) is 14.6 Å². The molecule has 0 radical (unpaired) electrons. The van der Waals surface area contributed by atoms with Gasteiger partial charge >= 0.3 is 0 Å². The zero-order valence-electron chi connectivity index (χ0n) is 18.8. The van der Waals surface area contributed by atoms with Gasteiger partial charge in [-0.2, -0.15) is 0 Å². The summed E-state index contributed by atoms with van der Waals surface area (Å²) in [4.78, 5) is 9.21. The zero-order valence-corrected chi connectivity index (χ0v) is 21.2. The summed E-state index contributed by atoms with van der Waals surface area (Å²) >= 11 is 7.90. The molecule has 0 unspecified atom stereocenters. The van der Waals surface area contributed by atoms with Crippen molar-refractivity contribution in [1.29, 1.82) is 0 Å². The fraction of sp³-hybridized carbons (Fsp3) is 0.240. The molecule has 1 aromatic heterocycles. The number of allylic oxidation sites excluding steroid dienone is 1. The lowest BCUT2D eigenvalue weighted by Gasteiger charge is -2.26. The molecule has 6 nitrogen and oxygen atoms in total. The Hall–Kier alpha value is -2.49. The Balaban J connectivity index is 1.69. The molecule has 178 valence electrons. The SMILES string of the molecule is CS(=O)(=O)c1cccc(-c2ccc(C(C=C(N)CN3CCOCC3)=Nc3ccccc3Cl)s2)c1. The van der Waals surface area contributed by atoms with Gasteiger partial charge in [0.05, 0.1) is 39.4 Å². The molecule has 9 heteroatoms. The Morgan fingerprint density at radius 2 is 1.91 bits per heavy atom. The van der Waals surface area contributed by atoms with E-state index in [0.29, 0.717) is 46.8 Å². The highest BCUT2D eigenvalue weighted by atomic mass is 35.5. The van der Waals surface area contributed by atoms with Crippen molar-refractivity contribution in [2.24, 2.45) is 10.7 Å². The highest BCUT2D eigenvalue weighted by Crippen LogP contribution is 2.32. The van der Waals surface area contributed by atoms with Crippen molar-refractivity contribution in [2.75, 3.05) is 39.1 Å². The zero-order chi connectivity index (χ0) is 24.1. The Morgan fingerprint density at radius 1 is 1.15 bits per heavy atom. The van der Waals surface area contributed by atoms with Crippen LogP contribution in [-0.4, -0.2) is 58.1 Å². The van der Waals surface area contributed by atoms with Crippen LogP contribution >= 0.6 is 22.9 Å². The molecule has 0 bridgehead atoms. The van der Waals surface area contributed by atoms with Gasteiger partial charge in [-0.15, -0.1) is 11.3 Å². The number of thiophene rings is 1. The average molecular weight is 516 g/mol. The van der Waals surface area contributed by atoms with E-state index in [4.69, 9.17) is 27.1 Å². The third-order valence-electron chi connectivity index (χ3n) is 5.33. The minimum Gasteiger partial charge on any atom is -0.401 e. The summed E-state index contributed by atoms with van der Waals surface area (Å²) in [5.74, 6) is 0. The molecule has 4 rings (SSSR count). The molecule has 0 amide bonds. The van der Waals surface area contributed by atoms with Crippen molar-refractivity contribution < 1.29 is 13.2 Å². The number of aliphatic imine (C=N–C) groups is 1. The number of nitrogens with zero attached hydrogens (tertiary/aromatic N) is 2. The number of halogens is 1. The minimum atomic E-state index is -3.29. The fourth-order valence-electron chi connectivity index (χ4n) is 3.58. The smallest absolute Gasteiger partial charge is 0.175 e. The van der Waals surface area contributed by atoms with Crippen molar-refractivity contribution >= 4 is 44.2 Å². The number of hydrogen-bond donors (Lipinski definition) is 1. The minimum absolute atomic E-state index is 0.291. The summed E-state index contributed by atoms with van der Waals surface area (Å²) in [6, 6.07) is 18.3. The van der Waals surface area contributed by atoms with Crippen LogP contribution in [0.15, 0.2) is 82.3 Å². The summed E-state index contributed by atoms with van der Waals surface area (Å²) < 4.78 is 29.4. The molecule has 1 aliphatic rings. The van der Waals surface area contributed by atoms with Crippen LogP contribution in [0.3, 0.4) is 0 Å². The van der Waals surface area contributed by atoms with E-state index >= 15 is 0 Å². The number of benzene rings is 2. The first-order valence-electron chi connectivity index (χ1n) is 10.8. The first kappa shape index (κ1) is 24.6. The molecular formula is C25H26ClN3O3S2. The molecule has 1 fully saturated rings. The number of ether oxygens (including phenoxy) is 1. The predicted octanol–water partition coefficient (Wildman–Crippen LogP) is 4.77. The first-order valence-corrected chi connectivity index (χ1v) is 13.9. The molecule has 2 aromatic carbocycles. The average Bonchev–Trinajstić information content (AvgIpc) is 3.31. The number of nitrogens with two attached hydrogens (primary N) is 1. The molecule has 2 N–H and O–H groups in total. The Morgan fingerprint density at radius 3 is 2.65 bits per heavy atom. The van der Waals surface area contributed by atoms with E-state index < -0.39 is 9.84 Å². The molecule has 0 aliphatic carbocycles. The van der Waals surface area contributed by atoms with Gasteiger partial charge in [0.1, 0.15) is 0 Å². The summed E-state index contributed by atoms with van der Waals surface area (Å²) in [7, 11) is -3.29. The largest absolute Gasteiger partial charge is 0.401 e. The lowest BCUT2D eigenvalue weighted by atomic mass is 10.2. The third kappa shape index (κ3) is 6.34. The van der Waals surface area contributed by atoms with Crippen LogP contribution < -0.4 is 5.73 Å². The maximum atomic E-state index is 12.0. The Bertz CT molecular complexity index is 1330. The second-order valence-electron chi connectivity index (χ2n) is 8.02. The fourth-order valence-corrected chi connectivity index (χ4v) is 5.39. The van der Waals surface area contributed by atoms with Crippen molar-refractivity contribution in [1.82, 2.24) is 4.90 Å². The van der Waals surface area contributed by atoms with E-state index in [0.717, 1.165) is 28.4 Å². The van der Waals surface area contributed by atoms with Crippen LogP contribution in [0.2, 0.25) is 5.02 Å². The molecule has 1 aliphatic heterocycles. The topological polar surface area (TPSA) is 85.0 Å². The maximum Gasteiger partial charge on any atom is 0.175 e. The highest BCUT2D eigenvalue weighted by molar-refractivity contribution is 7.90. The van der Waals surface area contributed by atoms with Crippen molar-refractivity contribution in [3.63, 3.8) is 0 Å². The monoisotopic (exact) mass is 515 g/mol. The van der Waals surface area contributed by atoms with E-state index in [9.17, 15) is 8.42 Å². The molecule has 0 saturated carbocycles. The first-order chi connectivity index (χ1) is 16.3. The van der Waals surface area contributed by atoms with E-state index in [2.05, 4.69) is 4.90 Å². The molecular weight excluding hydrogens is 490 g/mol. The third-order valence-corrected chi connectivity index (χ3v) is 7.92. The van der Waals surface area contributed by atoms with E-state index in [1.807, 2.05) is 42.5 Å². The maximum absolute atomic E-state index is 12.0. The molecule has 2 heterocycles. The van der Waals surface area contributed by atoms with Crippen LogP contribution in [0, 0.1) is 0 Å². The predicted molar refractivity (Wildman–Crippen MR) is 140 cm³/mol. The second kappa shape index (κ2) is 10.8. The Kier molecular flexibility index (Phi) is 7.85. The lowest BCUT2D eigenvalue weighted by molar-refractivity contribution is 0.0421. The molecule has 1 saturated heterocycles. The number of hydrogen-bond acceptors (Lipinski definition) is 7. The van der Waals surface area contributed by atoms with Gasteiger partial charge < -0.3 is 10.5 Å². The molecule has 0 atom stereocenters. The van der Waals surface area contributed by atoms with Gasteiger partial charge in [-0.1, -0.05) is 35.9 Å². The quantitative estimate of drug-likeness (QED) is 0.458. The van der Waals surface area contributed by atoms with E-state index in [1.54, 1.807) is 24.3 Å². The van der Waals surface area contributed by atoms with E-state index in [1.165, 1.54) is 17.6 Å². The van der Waals surface area contributed by atoms with E-state index in [-0.39, 0.29) is 0 Å². The summed E-state index contributed by atoms with van der Waals surface area (Å²) in [6.45, 7) is 3.71. The highest BCUT2D eigenvalue weighted by Gasteiger charge is 2.14. The molecule has 0 spiro atoms. The van der Waals surface area contributed by atoms with Gasteiger partial charge in [0.2, 0.25) is 0 Å². The summed E-state index contributed by atoms with van der Waals surface area (Å²) in [5.41, 5.74) is 9.31. The number of para-hydroxylation sites is 1.